The lowest BCUT2D eigenvalue weighted by molar-refractivity contribution is -0.118. The summed E-state index contributed by atoms with van der Waals surface area (Å²) in [6.45, 7) is 2.05. The summed E-state index contributed by atoms with van der Waals surface area (Å²) in [4.78, 5) is 12.1. The van der Waals surface area contributed by atoms with Gasteiger partial charge in [0.25, 0.3) is 5.91 Å². The molecule has 2 aromatic carbocycles. The van der Waals surface area contributed by atoms with Crippen LogP contribution in [0.5, 0.6) is 5.75 Å². The first kappa shape index (κ1) is 19.3. The van der Waals surface area contributed by atoms with Crippen LogP contribution in [0.25, 0.3) is 0 Å². The van der Waals surface area contributed by atoms with E-state index in [-0.39, 0.29) is 18.1 Å². The Morgan fingerprint density at radius 3 is 2.74 bits per heavy atom. The largest absolute Gasteiger partial charge is 0.481 e. The molecule has 2 aromatic rings. The summed E-state index contributed by atoms with van der Waals surface area (Å²) in [5, 5.41) is 2.69. The van der Waals surface area contributed by atoms with E-state index in [1.807, 2.05) is 6.07 Å². The maximum absolute atomic E-state index is 13.5. The average molecular weight is 392 g/mol. The minimum atomic E-state index is -3.25. The van der Waals surface area contributed by atoms with Gasteiger partial charge in [-0.3, -0.25) is 4.79 Å². The fourth-order valence-electron chi connectivity index (χ4n) is 2.93. The third-order valence-electron chi connectivity index (χ3n) is 4.42. The number of hydrogen-bond donors (Lipinski definition) is 1. The summed E-state index contributed by atoms with van der Waals surface area (Å²) < 4.78 is 44.3. The van der Waals surface area contributed by atoms with Gasteiger partial charge in [0, 0.05) is 18.8 Å². The fourth-order valence-corrected chi connectivity index (χ4v) is 4.00. The Morgan fingerprint density at radius 1 is 1.22 bits per heavy atom. The predicted octanol–water partition coefficient (Wildman–Crippen LogP) is 2.55. The van der Waals surface area contributed by atoms with Crippen molar-refractivity contribution in [2.75, 3.05) is 24.2 Å². The van der Waals surface area contributed by atoms with Crippen LogP contribution < -0.4 is 10.1 Å². The summed E-state index contributed by atoms with van der Waals surface area (Å²) >= 11 is 0. The Morgan fingerprint density at radius 2 is 2.00 bits per heavy atom. The van der Waals surface area contributed by atoms with Crippen LogP contribution in [0.2, 0.25) is 0 Å². The molecule has 0 aromatic heterocycles. The number of para-hydroxylation sites is 1. The van der Waals surface area contributed by atoms with E-state index in [0.29, 0.717) is 25.2 Å². The van der Waals surface area contributed by atoms with Gasteiger partial charge in [-0.15, -0.1) is 0 Å². The molecule has 1 heterocycles. The Bertz CT molecular complexity index is 946. The van der Waals surface area contributed by atoms with Crippen LogP contribution in [0.4, 0.5) is 10.1 Å². The Kier molecular flexibility index (Phi) is 5.76. The van der Waals surface area contributed by atoms with Crippen molar-refractivity contribution in [1.82, 2.24) is 4.31 Å². The first-order valence-electron chi connectivity index (χ1n) is 8.66. The van der Waals surface area contributed by atoms with Gasteiger partial charge in [0.1, 0.15) is 0 Å². The number of sulfonamides is 1. The number of rotatable bonds is 6. The highest BCUT2D eigenvalue weighted by atomic mass is 32.2. The highest BCUT2D eigenvalue weighted by Gasteiger charge is 2.25. The molecule has 1 aliphatic heterocycles. The molecule has 0 unspecified atom stereocenters. The summed E-state index contributed by atoms with van der Waals surface area (Å²) in [5.74, 6) is -0.881. The SMILES string of the molecule is CCS(=O)(=O)N1CCc2ccc(NC(=O)COc3ccccc3F)cc2C1. The second-order valence-electron chi connectivity index (χ2n) is 6.23. The molecule has 1 N–H and O–H groups in total. The number of nitrogens with one attached hydrogen (secondary N) is 1. The molecule has 0 aliphatic carbocycles. The van der Waals surface area contributed by atoms with Crippen molar-refractivity contribution in [1.29, 1.82) is 0 Å². The van der Waals surface area contributed by atoms with Crippen molar-refractivity contribution in [3.05, 3.63) is 59.4 Å². The third-order valence-corrected chi connectivity index (χ3v) is 6.25. The molecular formula is C19H21FN2O4S. The first-order chi connectivity index (χ1) is 12.9. The van der Waals surface area contributed by atoms with Crippen molar-refractivity contribution < 1.29 is 22.3 Å². The number of benzene rings is 2. The van der Waals surface area contributed by atoms with Gasteiger partial charge in [0.2, 0.25) is 10.0 Å². The predicted molar refractivity (Wildman–Crippen MR) is 101 cm³/mol. The van der Waals surface area contributed by atoms with Gasteiger partial charge in [0.05, 0.1) is 5.75 Å². The first-order valence-corrected chi connectivity index (χ1v) is 10.3. The van der Waals surface area contributed by atoms with Crippen molar-refractivity contribution in [3.63, 3.8) is 0 Å². The highest BCUT2D eigenvalue weighted by molar-refractivity contribution is 7.89. The molecule has 0 saturated heterocycles. The highest BCUT2D eigenvalue weighted by Crippen LogP contribution is 2.24. The number of amides is 1. The summed E-state index contributed by atoms with van der Waals surface area (Å²) in [6, 6.07) is 11.3. The molecule has 0 bridgehead atoms. The van der Waals surface area contributed by atoms with Gasteiger partial charge >= 0.3 is 0 Å². The van der Waals surface area contributed by atoms with Gasteiger partial charge in [-0.2, -0.15) is 4.31 Å². The second-order valence-corrected chi connectivity index (χ2v) is 8.49. The summed E-state index contributed by atoms with van der Waals surface area (Å²) in [7, 11) is -3.25. The fraction of sp³-hybridized carbons (Fsp3) is 0.316. The van der Waals surface area contributed by atoms with Crippen molar-refractivity contribution in [2.24, 2.45) is 0 Å². The monoisotopic (exact) mass is 392 g/mol. The second kappa shape index (κ2) is 8.06. The van der Waals surface area contributed by atoms with E-state index in [9.17, 15) is 17.6 Å². The zero-order valence-electron chi connectivity index (χ0n) is 14.9. The molecule has 1 amide bonds. The van der Waals surface area contributed by atoms with E-state index in [4.69, 9.17) is 4.74 Å². The number of anilines is 1. The maximum Gasteiger partial charge on any atom is 0.262 e. The number of ether oxygens (including phenoxy) is 1. The molecule has 27 heavy (non-hydrogen) atoms. The molecule has 1 aliphatic rings. The molecule has 0 saturated carbocycles. The standard InChI is InChI=1S/C19H21FN2O4S/c1-2-27(24,25)22-10-9-14-7-8-16(11-15(14)12-22)21-19(23)13-26-18-6-4-3-5-17(18)20/h3-8,11H,2,9-10,12-13H2,1H3,(H,21,23). The van der Waals surface area contributed by atoms with Crippen LogP contribution in [0.1, 0.15) is 18.1 Å². The Hall–Kier alpha value is -2.45. The van der Waals surface area contributed by atoms with Crippen molar-refractivity contribution in [3.8, 4) is 5.75 Å². The smallest absolute Gasteiger partial charge is 0.262 e. The van der Waals surface area contributed by atoms with E-state index >= 15 is 0 Å². The van der Waals surface area contributed by atoms with Gasteiger partial charge in [0.15, 0.2) is 18.2 Å². The third kappa shape index (κ3) is 4.64. The molecule has 0 radical (unpaired) electrons. The summed E-state index contributed by atoms with van der Waals surface area (Å²) in [6.07, 6.45) is 0.638. The molecule has 0 fully saturated rings. The maximum atomic E-state index is 13.5. The van der Waals surface area contributed by atoms with Crippen LogP contribution in [-0.2, 0) is 27.8 Å². The molecule has 6 nitrogen and oxygen atoms in total. The number of nitrogens with zero attached hydrogens (tertiary/aromatic N) is 1. The van der Waals surface area contributed by atoms with E-state index in [0.717, 1.165) is 11.1 Å². The van der Waals surface area contributed by atoms with Gasteiger partial charge in [-0.25, -0.2) is 12.8 Å². The van der Waals surface area contributed by atoms with Crippen LogP contribution in [-0.4, -0.2) is 37.5 Å². The number of fused-ring (bicyclic) bond motifs is 1. The number of halogens is 1. The van der Waals surface area contributed by atoms with Crippen LogP contribution in [0.3, 0.4) is 0 Å². The van der Waals surface area contributed by atoms with Gasteiger partial charge in [-0.1, -0.05) is 18.2 Å². The van der Waals surface area contributed by atoms with E-state index < -0.39 is 21.7 Å². The molecule has 3 rings (SSSR count). The minimum Gasteiger partial charge on any atom is -0.481 e. The molecule has 144 valence electrons. The van der Waals surface area contributed by atoms with Gasteiger partial charge < -0.3 is 10.1 Å². The van der Waals surface area contributed by atoms with Crippen LogP contribution in [0.15, 0.2) is 42.5 Å². The number of carbonyl (C=O) groups excluding carboxylic acids is 1. The molecule has 0 spiro atoms. The van der Waals surface area contributed by atoms with Crippen molar-refractivity contribution in [2.45, 2.75) is 19.9 Å². The zero-order valence-corrected chi connectivity index (χ0v) is 15.8. The Balaban J connectivity index is 1.64. The van der Waals surface area contributed by atoms with Crippen LogP contribution in [0, 0.1) is 5.82 Å². The topological polar surface area (TPSA) is 75.7 Å². The average Bonchev–Trinajstić information content (AvgIpc) is 2.66. The van der Waals surface area contributed by atoms with E-state index in [2.05, 4.69) is 5.32 Å². The van der Waals surface area contributed by atoms with E-state index in [1.54, 1.807) is 25.1 Å². The van der Waals surface area contributed by atoms with Gasteiger partial charge in [-0.05, 0) is 48.7 Å². The van der Waals surface area contributed by atoms with Crippen molar-refractivity contribution >= 4 is 21.6 Å². The lowest BCUT2D eigenvalue weighted by Crippen LogP contribution is -2.36. The summed E-state index contributed by atoms with van der Waals surface area (Å²) in [5.41, 5.74) is 2.48. The number of hydrogen-bond acceptors (Lipinski definition) is 4. The van der Waals surface area contributed by atoms with E-state index in [1.165, 1.54) is 22.5 Å². The zero-order chi connectivity index (χ0) is 19.4. The lowest BCUT2D eigenvalue weighted by atomic mass is 10.0. The quantitative estimate of drug-likeness (QED) is 0.820. The number of carbonyl (C=O) groups is 1. The van der Waals surface area contributed by atoms with Crippen LogP contribution >= 0.6 is 0 Å². The molecule has 8 heteroatoms. The Labute approximate surface area is 158 Å². The minimum absolute atomic E-state index is 0.0125. The normalized spacial score (nSPS) is 14.4. The lowest BCUT2D eigenvalue weighted by Gasteiger charge is -2.28. The molecule has 0 atom stereocenters. The molecular weight excluding hydrogens is 371 g/mol.